The van der Waals surface area contributed by atoms with Crippen LogP contribution in [0.2, 0.25) is 0 Å². The number of carbonyl (C=O) groups is 2. The summed E-state index contributed by atoms with van der Waals surface area (Å²) in [6.07, 6.45) is 0.218. The Kier molecular flexibility index (Phi) is 2.10. The molecule has 0 saturated heterocycles. The first kappa shape index (κ1) is 7.59. The van der Waals surface area contributed by atoms with Gasteiger partial charge >= 0.3 is 12.1 Å². The molecule has 5 nitrogen and oxygen atoms in total. The van der Waals surface area contributed by atoms with E-state index in [0.29, 0.717) is 0 Å². The second-order valence-electron chi connectivity index (χ2n) is 1.79. The maximum Gasteiger partial charge on any atom is 0.513 e. The zero-order valence-corrected chi connectivity index (χ0v) is 5.83. The molecule has 0 fully saturated rings. The number of ether oxygens (including phenoxy) is 3. The SMILES string of the molecule is COC(=O)C1=COC(=O)OC1. The number of methoxy groups -OCH3 is 1. The average Bonchev–Trinajstić information content (AvgIpc) is 2.05. The summed E-state index contributed by atoms with van der Waals surface area (Å²) in [4.78, 5) is 21.0. The van der Waals surface area contributed by atoms with Gasteiger partial charge in [0.2, 0.25) is 0 Å². The van der Waals surface area contributed by atoms with Gasteiger partial charge in [-0.2, -0.15) is 0 Å². The number of esters is 1. The number of rotatable bonds is 1. The molecule has 0 aliphatic carbocycles. The monoisotopic (exact) mass is 158 g/mol. The smallest absolute Gasteiger partial charge is 0.465 e. The van der Waals surface area contributed by atoms with E-state index >= 15 is 0 Å². The fourth-order valence-corrected chi connectivity index (χ4v) is 0.562. The fourth-order valence-electron chi connectivity index (χ4n) is 0.562. The summed E-state index contributed by atoms with van der Waals surface area (Å²) in [5, 5.41) is 0. The molecule has 1 rings (SSSR count). The topological polar surface area (TPSA) is 61.8 Å². The number of cyclic esters (lactones) is 2. The lowest BCUT2D eigenvalue weighted by molar-refractivity contribution is -0.137. The Bertz CT molecular complexity index is 217. The molecule has 0 aromatic heterocycles. The van der Waals surface area contributed by atoms with Gasteiger partial charge in [-0.3, -0.25) is 0 Å². The van der Waals surface area contributed by atoms with Crippen LogP contribution in [0.3, 0.4) is 0 Å². The largest absolute Gasteiger partial charge is 0.513 e. The lowest BCUT2D eigenvalue weighted by Crippen LogP contribution is -2.19. The zero-order chi connectivity index (χ0) is 8.27. The molecule has 0 amide bonds. The van der Waals surface area contributed by atoms with Crippen molar-refractivity contribution < 1.29 is 23.8 Å². The molecule has 0 aromatic rings. The van der Waals surface area contributed by atoms with Gasteiger partial charge in [-0.15, -0.1) is 0 Å². The zero-order valence-electron chi connectivity index (χ0n) is 5.83. The lowest BCUT2D eigenvalue weighted by Gasteiger charge is -2.10. The van der Waals surface area contributed by atoms with Crippen LogP contribution in [0.15, 0.2) is 11.8 Å². The molecule has 5 heteroatoms. The van der Waals surface area contributed by atoms with Crippen LogP contribution in [0.1, 0.15) is 0 Å². The molecule has 60 valence electrons. The van der Waals surface area contributed by atoms with Gasteiger partial charge < -0.3 is 14.2 Å². The van der Waals surface area contributed by atoms with Crippen molar-refractivity contribution in [3.8, 4) is 0 Å². The van der Waals surface area contributed by atoms with E-state index in [9.17, 15) is 9.59 Å². The van der Waals surface area contributed by atoms with E-state index in [4.69, 9.17) is 0 Å². The van der Waals surface area contributed by atoms with Crippen molar-refractivity contribution in [1.29, 1.82) is 0 Å². The Morgan fingerprint density at radius 2 is 2.45 bits per heavy atom. The van der Waals surface area contributed by atoms with E-state index in [1.165, 1.54) is 7.11 Å². The molecule has 1 heterocycles. The first-order valence-corrected chi connectivity index (χ1v) is 2.85. The molecule has 0 unspecified atom stereocenters. The second kappa shape index (κ2) is 3.05. The molecule has 11 heavy (non-hydrogen) atoms. The van der Waals surface area contributed by atoms with Crippen LogP contribution in [-0.4, -0.2) is 25.8 Å². The Morgan fingerprint density at radius 1 is 1.73 bits per heavy atom. The van der Waals surface area contributed by atoms with Crippen LogP contribution in [-0.2, 0) is 19.0 Å². The predicted molar refractivity (Wildman–Crippen MR) is 32.5 cm³/mol. The van der Waals surface area contributed by atoms with Gasteiger partial charge in [0.25, 0.3) is 0 Å². The number of hydrogen-bond acceptors (Lipinski definition) is 5. The summed E-state index contributed by atoms with van der Waals surface area (Å²) < 4.78 is 13.0. The minimum atomic E-state index is -0.808. The second-order valence-corrected chi connectivity index (χ2v) is 1.79. The van der Waals surface area contributed by atoms with Gasteiger partial charge in [-0.1, -0.05) is 0 Å². The van der Waals surface area contributed by atoms with Crippen molar-refractivity contribution in [2.75, 3.05) is 13.7 Å². The summed E-state index contributed by atoms with van der Waals surface area (Å²) in [7, 11) is 1.24. The average molecular weight is 158 g/mol. The Hall–Kier alpha value is -1.52. The highest BCUT2D eigenvalue weighted by Gasteiger charge is 2.18. The molecule has 0 bridgehead atoms. The van der Waals surface area contributed by atoms with Gasteiger partial charge in [0.1, 0.15) is 18.4 Å². The van der Waals surface area contributed by atoms with Crippen LogP contribution >= 0.6 is 0 Å². The van der Waals surface area contributed by atoms with Crippen molar-refractivity contribution in [3.63, 3.8) is 0 Å². The first-order chi connectivity index (χ1) is 5.24. The number of carbonyl (C=O) groups excluding carboxylic acids is 2. The summed E-state index contributed by atoms with van der Waals surface area (Å²) in [6.45, 7) is -0.0918. The molecule has 0 N–H and O–H groups in total. The fraction of sp³-hybridized carbons (Fsp3) is 0.333. The Morgan fingerprint density at radius 3 is 2.91 bits per heavy atom. The maximum absolute atomic E-state index is 10.7. The van der Waals surface area contributed by atoms with Crippen molar-refractivity contribution >= 4 is 12.1 Å². The van der Waals surface area contributed by atoms with Crippen molar-refractivity contribution in [2.45, 2.75) is 0 Å². The molecular weight excluding hydrogens is 152 g/mol. The van der Waals surface area contributed by atoms with Crippen molar-refractivity contribution in [1.82, 2.24) is 0 Å². The first-order valence-electron chi connectivity index (χ1n) is 2.85. The molecule has 0 saturated carbocycles. The minimum Gasteiger partial charge on any atom is -0.465 e. The van der Waals surface area contributed by atoms with E-state index in [1.54, 1.807) is 0 Å². The molecule has 0 atom stereocenters. The minimum absolute atomic E-state index is 0.0918. The van der Waals surface area contributed by atoms with Crippen LogP contribution in [0.25, 0.3) is 0 Å². The predicted octanol–water partition coefficient (Wildman–Crippen LogP) is 0.210. The van der Waals surface area contributed by atoms with Gasteiger partial charge in [0, 0.05) is 0 Å². The summed E-state index contributed by atoms with van der Waals surface area (Å²) in [6, 6.07) is 0. The summed E-state index contributed by atoms with van der Waals surface area (Å²) in [5.74, 6) is -0.558. The standard InChI is InChI=1S/C6H6O5/c1-9-5(7)4-2-10-6(8)11-3-4/h2H,3H2,1H3. The van der Waals surface area contributed by atoms with Gasteiger partial charge in [-0.25, -0.2) is 9.59 Å². The third-order valence-electron chi connectivity index (χ3n) is 1.09. The highest BCUT2D eigenvalue weighted by molar-refractivity contribution is 5.89. The van der Waals surface area contributed by atoms with Gasteiger partial charge in [-0.05, 0) is 0 Å². The van der Waals surface area contributed by atoms with E-state index in [-0.39, 0.29) is 12.2 Å². The molecular formula is C6H6O5. The lowest BCUT2D eigenvalue weighted by atomic mass is 10.3. The molecule has 1 aliphatic heterocycles. The van der Waals surface area contributed by atoms with Crippen LogP contribution in [0.5, 0.6) is 0 Å². The normalized spacial score (nSPS) is 16.1. The summed E-state index contributed by atoms with van der Waals surface area (Å²) in [5.41, 5.74) is 0.187. The van der Waals surface area contributed by atoms with Gasteiger partial charge in [0.05, 0.1) is 7.11 Å². The Labute approximate surface area is 62.5 Å². The Balaban J connectivity index is 2.61. The highest BCUT2D eigenvalue weighted by Crippen LogP contribution is 2.06. The van der Waals surface area contributed by atoms with Crippen LogP contribution in [0, 0.1) is 0 Å². The quantitative estimate of drug-likeness (QED) is 0.510. The molecule has 0 aromatic carbocycles. The van der Waals surface area contributed by atoms with E-state index in [0.717, 1.165) is 6.26 Å². The van der Waals surface area contributed by atoms with Crippen LogP contribution < -0.4 is 0 Å². The summed E-state index contributed by atoms with van der Waals surface area (Å²) >= 11 is 0. The highest BCUT2D eigenvalue weighted by atomic mass is 16.7. The van der Waals surface area contributed by atoms with Crippen LogP contribution in [0.4, 0.5) is 4.79 Å². The molecule has 0 radical (unpaired) electrons. The van der Waals surface area contributed by atoms with E-state index in [2.05, 4.69) is 14.2 Å². The molecule has 0 spiro atoms. The van der Waals surface area contributed by atoms with Crippen molar-refractivity contribution in [3.05, 3.63) is 11.8 Å². The van der Waals surface area contributed by atoms with Crippen molar-refractivity contribution in [2.24, 2.45) is 0 Å². The van der Waals surface area contributed by atoms with E-state index < -0.39 is 12.1 Å². The molecule has 1 aliphatic rings. The maximum atomic E-state index is 10.7. The number of hydrogen-bond donors (Lipinski definition) is 0. The third kappa shape index (κ3) is 1.70. The third-order valence-corrected chi connectivity index (χ3v) is 1.09. The van der Waals surface area contributed by atoms with Gasteiger partial charge in [0.15, 0.2) is 0 Å². The van der Waals surface area contributed by atoms with E-state index in [1.807, 2.05) is 0 Å².